The molecule has 1 unspecified atom stereocenters. The number of benzene rings is 1. The zero-order chi connectivity index (χ0) is 23.5. The van der Waals surface area contributed by atoms with Crippen molar-refractivity contribution >= 4 is 34.3 Å². The molecule has 1 amide bonds. The summed E-state index contributed by atoms with van der Waals surface area (Å²) in [7, 11) is -2.40. The van der Waals surface area contributed by atoms with Crippen LogP contribution in [0.4, 0.5) is 32.2 Å². The van der Waals surface area contributed by atoms with E-state index < -0.39 is 44.4 Å². The third kappa shape index (κ3) is 5.68. The Kier molecular flexibility index (Phi) is 6.94. The van der Waals surface area contributed by atoms with Crippen LogP contribution in [0.5, 0.6) is 0 Å². The van der Waals surface area contributed by atoms with Gasteiger partial charge in [0, 0.05) is 11.1 Å². The normalized spacial score (nSPS) is 16.9. The van der Waals surface area contributed by atoms with E-state index in [0.717, 1.165) is 17.5 Å². The van der Waals surface area contributed by atoms with Crippen LogP contribution in [-0.4, -0.2) is 21.3 Å². The van der Waals surface area contributed by atoms with Crippen LogP contribution in [-0.2, 0) is 21.8 Å². The number of carbonyl (C=O) groups is 1. The van der Waals surface area contributed by atoms with E-state index in [1.54, 1.807) is 12.1 Å². The van der Waals surface area contributed by atoms with Crippen LogP contribution in [0.1, 0.15) is 5.56 Å². The molecule has 1 aliphatic rings. The van der Waals surface area contributed by atoms with E-state index in [0.29, 0.717) is 30.0 Å². The molecule has 1 aromatic carbocycles. The lowest BCUT2D eigenvalue weighted by molar-refractivity contribution is -0.137. The summed E-state index contributed by atoms with van der Waals surface area (Å²) in [5.41, 5.74) is -1.29. The molecule has 2 heterocycles. The third-order valence-corrected chi connectivity index (χ3v) is 6.33. The minimum Gasteiger partial charge on any atom is -0.306 e. The average Bonchev–Trinajstić information content (AvgIpc) is 2.73. The maximum Gasteiger partial charge on any atom is 0.422 e. The number of amides is 1. The van der Waals surface area contributed by atoms with Gasteiger partial charge in [0.2, 0.25) is 0 Å². The highest BCUT2D eigenvalue weighted by Gasteiger charge is 2.36. The van der Waals surface area contributed by atoms with E-state index in [2.05, 4.69) is 10.3 Å². The minimum absolute atomic E-state index is 0.0502. The monoisotopic (exact) mass is 490 g/mol. The SMILES string of the molecule is O=C(Nc1ccccn1)C(=C1C=CSC(C(F)(F)F)=C1)S(=O)c1ccc(C(F)(F)F)cc1. The molecule has 0 spiro atoms. The Morgan fingerprint density at radius 3 is 2.22 bits per heavy atom. The molecule has 1 N–H and O–H groups in total. The molecule has 0 bridgehead atoms. The number of rotatable bonds is 4. The number of anilines is 1. The quantitative estimate of drug-likeness (QED) is 0.434. The Balaban J connectivity index is 2.07. The predicted octanol–water partition coefficient (Wildman–Crippen LogP) is 5.81. The van der Waals surface area contributed by atoms with Crippen LogP contribution < -0.4 is 5.32 Å². The molecule has 4 nitrogen and oxygen atoms in total. The van der Waals surface area contributed by atoms with Crippen LogP contribution in [0.2, 0.25) is 0 Å². The molecule has 0 radical (unpaired) electrons. The van der Waals surface area contributed by atoms with E-state index in [-0.39, 0.29) is 16.3 Å². The standard InChI is InChI=1S/C20H12F6N2O2S2/c21-19(22,23)13-4-6-14(7-5-13)32(30)17(18(29)28-16-3-1-2-9-27-16)12-8-10-31-15(11-12)20(24,25)26/h1-11H,(H,27,28,29). The van der Waals surface area contributed by atoms with Crippen LogP contribution in [0, 0.1) is 0 Å². The van der Waals surface area contributed by atoms with Gasteiger partial charge in [0.05, 0.1) is 21.3 Å². The second-order valence-electron chi connectivity index (χ2n) is 6.17. The van der Waals surface area contributed by atoms with Gasteiger partial charge in [0.1, 0.15) is 10.7 Å². The first-order valence-electron chi connectivity index (χ1n) is 8.64. The minimum atomic E-state index is -4.71. The van der Waals surface area contributed by atoms with Gasteiger partial charge < -0.3 is 5.32 Å². The molecule has 0 saturated heterocycles. The van der Waals surface area contributed by atoms with Gasteiger partial charge in [-0.05, 0) is 59.5 Å². The number of pyridine rings is 1. The largest absolute Gasteiger partial charge is 0.422 e. The predicted molar refractivity (Wildman–Crippen MR) is 109 cm³/mol. The molecular weight excluding hydrogens is 478 g/mol. The molecule has 1 aromatic heterocycles. The van der Waals surface area contributed by atoms with Gasteiger partial charge in [0.15, 0.2) is 0 Å². The van der Waals surface area contributed by atoms with Gasteiger partial charge in [-0.25, -0.2) is 9.19 Å². The molecule has 0 fully saturated rings. The number of thioether (sulfide) groups is 1. The first-order chi connectivity index (χ1) is 15.0. The van der Waals surface area contributed by atoms with Gasteiger partial charge in [0.25, 0.3) is 5.91 Å². The highest BCUT2D eigenvalue weighted by atomic mass is 32.2. The fraction of sp³-hybridized carbons (Fsp3) is 0.100. The Labute approximate surface area is 184 Å². The first kappa shape index (κ1) is 23.8. The van der Waals surface area contributed by atoms with Crippen molar-refractivity contribution in [3.63, 3.8) is 0 Å². The molecule has 2 aromatic rings. The van der Waals surface area contributed by atoms with Crippen molar-refractivity contribution in [2.75, 3.05) is 5.32 Å². The molecule has 0 saturated carbocycles. The number of allylic oxidation sites excluding steroid dienone is 4. The second-order valence-corrected chi connectivity index (χ2v) is 8.54. The van der Waals surface area contributed by atoms with Gasteiger partial charge in [-0.1, -0.05) is 17.8 Å². The molecule has 32 heavy (non-hydrogen) atoms. The van der Waals surface area contributed by atoms with Gasteiger partial charge in [-0.3, -0.25) is 4.79 Å². The Hall–Kier alpha value is -2.86. The molecule has 12 heteroatoms. The fourth-order valence-electron chi connectivity index (χ4n) is 2.51. The van der Waals surface area contributed by atoms with Crippen molar-refractivity contribution in [1.29, 1.82) is 0 Å². The number of nitrogens with one attached hydrogen (secondary N) is 1. The summed E-state index contributed by atoms with van der Waals surface area (Å²) in [6.45, 7) is 0. The first-order valence-corrected chi connectivity index (χ1v) is 10.7. The molecule has 3 rings (SSSR count). The lowest BCUT2D eigenvalue weighted by Gasteiger charge is -2.16. The summed E-state index contributed by atoms with van der Waals surface area (Å²) in [5, 5.41) is 3.43. The summed E-state index contributed by atoms with van der Waals surface area (Å²) >= 11 is 0.373. The van der Waals surface area contributed by atoms with Gasteiger partial charge >= 0.3 is 12.4 Å². The van der Waals surface area contributed by atoms with Crippen molar-refractivity contribution in [3.05, 3.63) is 87.2 Å². The smallest absolute Gasteiger partial charge is 0.306 e. The van der Waals surface area contributed by atoms with Crippen molar-refractivity contribution in [2.45, 2.75) is 17.2 Å². The second kappa shape index (κ2) is 9.33. The molecule has 168 valence electrons. The third-order valence-electron chi connectivity index (χ3n) is 3.96. The lowest BCUT2D eigenvalue weighted by atomic mass is 10.2. The average molecular weight is 490 g/mol. The maximum atomic E-state index is 13.2. The number of hydrogen-bond acceptors (Lipinski definition) is 4. The van der Waals surface area contributed by atoms with Crippen molar-refractivity contribution in [2.24, 2.45) is 0 Å². The van der Waals surface area contributed by atoms with Crippen LogP contribution >= 0.6 is 11.8 Å². The number of halogens is 6. The van der Waals surface area contributed by atoms with E-state index in [4.69, 9.17) is 0 Å². The zero-order valence-electron chi connectivity index (χ0n) is 15.7. The molecule has 1 atom stereocenters. The van der Waals surface area contributed by atoms with E-state index >= 15 is 0 Å². The lowest BCUT2D eigenvalue weighted by Crippen LogP contribution is -2.21. The van der Waals surface area contributed by atoms with Crippen LogP contribution in [0.25, 0.3) is 0 Å². The summed E-state index contributed by atoms with van der Waals surface area (Å²) in [6.07, 6.45) is -6.15. The van der Waals surface area contributed by atoms with E-state index in [1.807, 2.05) is 0 Å². The number of nitrogens with zero attached hydrogens (tertiary/aromatic N) is 1. The van der Waals surface area contributed by atoms with Crippen molar-refractivity contribution in [1.82, 2.24) is 4.98 Å². The topological polar surface area (TPSA) is 59.1 Å². The van der Waals surface area contributed by atoms with Gasteiger partial charge in [-0.2, -0.15) is 26.3 Å². The Morgan fingerprint density at radius 2 is 1.66 bits per heavy atom. The zero-order valence-corrected chi connectivity index (χ0v) is 17.3. The number of hydrogen-bond donors (Lipinski definition) is 1. The summed E-state index contributed by atoms with van der Waals surface area (Å²) in [5.74, 6) is -0.958. The van der Waals surface area contributed by atoms with Gasteiger partial charge in [-0.15, -0.1) is 0 Å². The molecule has 0 aliphatic carbocycles. The molecular formula is C20H12F6N2O2S2. The Morgan fingerprint density at radius 1 is 0.969 bits per heavy atom. The number of alkyl halides is 6. The number of carbonyl (C=O) groups excluding carboxylic acids is 1. The van der Waals surface area contributed by atoms with Crippen molar-refractivity contribution in [3.8, 4) is 0 Å². The Bertz CT molecular complexity index is 1120. The number of aromatic nitrogens is 1. The molecule has 1 aliphatic heterocycles. The summed E-state index contributed by atoms with van der Waals surface area (Å²) in [4.78, 5) is 15.0. The highest BCUT2D eigenvalue weighted by molar-refractivity contribution is 8.06. The van der Waals surface area contributed by atoms with E-state index in [9.17, 15) is 35.3 Å². The van der Waals surface area contributed by atoms with Crippen LogP contribution in [0.3, 0.4) is 0 Å². The maximum absolute atomic E-state index is 13.2. The highest BCUT2D eigenvalue weighted by Crippen LogP contribution is 2.40. The summed E-state index contributed by atoms with van der Waals surface area (Å²) < 4.78 is 91.1. The van der Waals surface area contributed by atoms with E-state index in [1.165, 1.54) is 18.3 Å². The van der Waals surface area contributed by atoms with Crippen LogP contribution in [0.15, 0.2) is 86.5 Å². The summed E-state index contributed by atoms with van der Waals surface area (Å²) in [6, 6.07) is 7.68. The fourth-order valence-corrected chi connectivity index (χ4v) is 4.38. The van der Waals surface area contributed by atoms with Crippen molar-refractivity contribution < 1.29 is 35.3 Å².